The Bertz CT molecular complexity index is 907. The van der Waals surface area contributed by atoms with Crippen LogP contribution in [0.2, 0.25) is 0 Å². The molecule has 2 aromatic carbocycles. The summed E-state index contributed by atoms with van der Waals surface area (Å²) < 4.78 is 3.16. The minimum absolute atomic E-state index is 0.994. The summed E-state index contributed by atoms with van der Waals surface area (Å²) in [7, 11) is 0. The number of rotatable bonds is 1. The molecule has 0 radical (unpaired) electrons. The predicted octanol–water partition coefficient (Wildman–Crippen LogP) is 4.92. The van der Waals surface area contributed by atoms with Crippen LogP contribution in [0.1, 0.15) is 0 Å². The molecule has 4 rings (SSSR count). The Hall–Kier alpha value is -2.13. The Labute approximate surface area is 124 Å². The largest absolute Gasteiger partial charge is 0.306 e. The standard InChI is InChI=1S/C17H11BrN2/c18-14-7-5-13(6-8-14)16-11-20-10-9-12-3-1-2-4-15(12)17(20)19-16/h1-11H. The van der Waals surface area contributed by atoms with Gasteiger partial charge >= 0.3 is 0 Å². The fourth-order valence-corrected chi connectivity index (χ4v) is 2.74. The summed E-state index contributed by atoms with van der Waals surface area (Å²) in [5.74, 6) is 0. The second-order valence-corrected chi connectivity index (χ2v) is 5.68. The molecule has 3 heteroatoms. The maximum atomic E-state index is 4.79. The molecule has 0 saturated carbocycles. The highest BCUT2D eigenvalue weighted by molar-refractivity contribution is 9.10. The Kier molecular flexibility index (Phi) is 2.60. The van der Waals surface area contributed by atoms with E-state index in [2.05, 4.69) is 75.2 Å². The van der Waals surface area contributed by atoms with Crippen molar-refractivity contribution in [2.24, 2.45) is 0 Å². The third kappa shape index (κ3) is 1.82. The van der Waals surface area contributed by atoms with Crippen molar-refractivity contribution in [3.63, 3.8) is 0 Å². The number of benzene rings is 2. The van der Waals surface area contributed by atoms with E-state index >= 15 is 0 Å². The summed E-state index contributed by atoms with van der Waals surface area (Å²) in [5.41, 5.74) is 3.12. The van der Waals surface area contributed by atoms with E-state index in [9.17, 15) is 0 Å². The number of pyridine rings is 1. The zero-order chi connectivity index (χ0) is 13.5. The molecule has 2 aromatic heterocycles. The molecule has 0 aliphatic carbocycles. The van der Waals surface area contributed by atoms with Gasteiger partial charge in [0.1, 0.15) is 5.65 Å². The number of hydrogen-bond donors (Lipinski definition) is 0. The number of aromatic nitrogens is 2. The second kappa shape index (κ2) is 4.46. The monoisotopic (exact) mass is 322 g/mol. The topological polar surface area (TPSA) is 17.3 Å². The number of imidazole rings is 1. The molecule has 0 bridgehead atoms. The van der Waals surface area contributed by atoms with Gasteiger partial charge in [-0.3, -0.25) is 0 Å². The highest BCUT2D eigenvalue weighted by Crippen LogP contribution is 2.25. The van der Waals surface area contributed by atoms with Gasteiger partial charge in [0.2, 0.25) is 0 Å². The van der Waals surface area contributed by atoms with Crippen LogP contribution in [0, 0.1) is 0 Å². The van der Waals surface area contributed by atoms with E-state index in [0.717, 1.165) is 21.4 Å². The molecule has 0 aliphatic rings. The minimum atomic E-state index is 0.994. The van der Waals surface area contributed by atoms with Gasteiger partial charge in [-0.1, -0.05) is 52.3 Å². The van der Waals surface area contributed by atoms with Crippen LogP contribution in [0.5, 0.6) is 0 Å². The highest BCUT2D eigenvalue weighted by atomic mass is 79.9. The van der Waals surface area contributed by atoms with Crippen LogP contribution >= 0.6 is 15.9 Å². The number of fused-ring (bicyclic) bond motifs is 3. The third-order valence-corrected chi connectivity index (χ3v) is 4.02. The zero-order valence-corrected chi connectivity index (χ0v) is 12.2. The lowest BCUT2D eigenvalue weighted by atomic mass is 10.2. The van der Waals surface area contributed by atoms with Crippen molar-refractivity contribution in [2.75, 3.05) is 0 Å². The van der Waals surface area contributed by atoms with Crippen LogP contribution in [0.3, 0.4) is 0 Å². The van der Waals surface area contributed by atoms with Crippen LogP contribution < -0.4 is 0 Å². The fourth-order valence-electron chi connectivity index (χ4n) is 2.47. The Balaban J connectivity index is 1.98. The molecule has 20 heavy (non-hydrogen) atoms. The summed E-state index contributed by atoms with van der Waals surface area (Å²) in [6, 6.07) is 18.7. The van der Waals surface area contributed by atoms with Crippen molar-refractivity contribution in [1.82, 2.24) is 9.38 Å². The number of nitrogens with zero attached hydrogens (tertiary/aromatic N) is 2. The van der Waals surface area contributed by atoms with Crippen LogP contribution in [0.25, 0.3) is 27.7 Å². The molecular formula is C17H11BrN2. The van der Waals surface area contributed by atoms with E-state index < -0.39 is 0 Å². The van der Waals surface area contributed by atoms with E-state index in [-0.39, 0.29) is 0 Å². The van der Waals surface area contributed by atoms with Crippen LogP contribution in [0.15, 0.2) is 71.5 Å². The molecule has 2 heterocycles. The molecule has 2 nitrogen and oxygen atoms in total. The molecule has 0 spiro atoms. The first-order valence-electron chi connectivity index (χ1n) is 6.44. The van der Waals surface area contributed by atoms with E-state index in [4.69, 9.17) is 4.98 Å². The van der Waals surface area contributed by atoms with Crippen LogP contribution in [0.4, 0.5) is 0 Å². The van der Waals surface area contributed by atoms with Crippen LogP contribution in [-0.4, -0.2) is 9.38 Å². The summed E-state index contributed by atoms with van der Waals surface area (Å²) in [6.45, 7) is 0. The van der Waals surface area contributed by atoms with Crippen molar-refractivity contribution in [3.05, 3.63) is 71.5 Å². The number of hydrogen-bond acceptors (Lipinski definition) is 1. The van der Waals surface area contributed by atoms with Gasteiger partial charge in [-0.15, -0.1) is 0 Å². The molecule has 4 aromatic rings. The fraction of sp³-hybridized carbons (Fsp3) is 0. The quantitative estimate of drug-likeness (QED) is 0.486. The van der Waals surface area contributed by atoms with E-state index in [1.807, 2.05) is 12.1 Å². The lowest BCUT2D eigenvalue weighted by Crippen LogP contribution is -1.83. The Morgan fingerprint density at radius 3 is 2.55 bits per heavy atom. The maximum absolute atomic E-state index is 4.79. The summed E-state index contributed by atoms with van der Waals surface area (Å²) >= 11 is 3.46. The van der Waals surface area contributed by atoms with E-state index in [1.165, 1.54) is 10.8 Å². The van der Waals surface area contributed by atoms with Gasteiger partial charge in [0.05, 0.1) is 5.69 Å². The Morgan fingerprint density at radius 2 is 1.70 bits per heavy atom. The maximum Gasteiger partial charge on any atom is 0.145 e. The molecule has 0 atom stereocenters. The molecule has 96 valence electrons. The average Bonchev–Trinajstić information content (AvgIpc) is 2.92. The molecular weight excluding hydrogens is 312 g/mol. The molecule has 0 unspecified atom stereocenters. The predicted molar refractivity (Wildman–Crippen MR) is 85.8 cm³/mol. The zero-order valence-electron chi connectivity index (χ0n) is 10.6. The van der Waals surface area contributed by atoms with Crippen molar-refractivity contribution in [2.45, 2.75) is 0 Å². The Morgan fingerprint density at radius 1 is 0.900 bits per heavy atom. The van der Waals surface area contributed by atoms with E-state index in [1.54, 1.807) is 0 Å². The lowest BCUT2D eigenvalue weighted by Gasteiger charge is -1.98. The molecule has 0 N–H and O–H groups in total. The van der Waals surface area contributed by atoms with Crippen molar-refractivity contribution in [1.29, 1.82) is 0 Å². The highest BCUT2D eigenvalue weighted by Gasteiger charge is 2.07. The van der Waals surface area contributed by atoms with Gasteiger partial charge in [0.15, 0.2) is 0 Å². The van der Waals surface area contributed by atoms with Crippen molar-refractivity contribution < 1.29 is 0 Å². The van der Waals surface area contributed by atoms with Crippen molar-refractivity contribution >= 4 is 32.3 Å². The smallest absolute Gasteiger partial charge is 0.145 e. The van der Waals surface area contributed by atoms with Gasteiger partial charge in [0, 0.05) is 27.8 Å². The van der Waals surface area contributed by atoms with E-state index in [0.29, 0.717) is 0 Å². The summed E-state index contributed by atoms with van der Waals surface area (Å²) in [5, 5.41) is 2.39. The van der Waals surface area contributed by atoms with Gasteiger partial charge in [-0.2, -0.15) is 0 Å². The average molecular weight is 323 g/mol. The first-order chi connectivity index (χ1) is 9.81. The summed E-state index contributed by atoms with van der Waals surface area (Å²) in [4.78, 5) is 4.79. The first kappa shape index (κ1) is 11.7. The first-order valence-corrected chi connectivity index (χ1v) is 7.23. The SMILES string of the molecule is Brc1ccc(-c2cn3ccc4ccccc4c3n2)cc1. The minimum Gasteiger partial charge on any atom is -0.306 e. The van der Waals surface area contributed by atoms with Gasteiger partial charge in [-0.05, 0) is 23.6 Å². The van der Waals surface area contributed by atoms with Crippen LogP contribution in [-0.2, 0) is 0 Å². The van der Waals surface area contributed by atoms with Gasteiger partial charge in [-0.25, -0.2) is 4.98 Å². The van der Waals surface area contributed by atoms with Gasteiger partial charge < -0.3 is 4.40 Å². The normalized spacial score (nSPS) is 11.2. The summed E-state index contributed by atoms with van der Waals surface area (Å²) in [6.07, 6.45) is 4.14. The molecule has 0 amide bonds. The molecule has 0 aliphatic heterocycles. The second-order valence-electron chi connectivity index (χ2n) is 4.77. The molecule has 0 saturated heterocycles. The lowest BCUT2D eigenvalue weighted by molar-refractivity contribution is 1.20. The molecule has 0 fully saturated rings. The van der Waals surface area contributed by atoms with Gasteiger partial charge in [0.25, 0.3) is 0 Å². The van der Waals surface area contributed by atoms with Crippen molar-refractivity contribution in [3.8, 4) is 11.3 Å². The third-order valence-electron chi connectivity index (χ3n) is 3.49. The number of halogens is 1.